The number of carbonyl (C=O) groups is 2. The highest BCUT2D eigenvalue weighted by atomic mass is 16.4. The molecule has 2 rings (SSSR count). The largest absolute Gasteiger partial charge is 0.477 e. The van der Waals surface area contributed by atoms with Gasteiger partial charge in [-0.1, -0.05) is 0 Å². The number of aromatic amines is 1. The molecule has 0 aliphatic rings. The van der Waals surface area contributed by atoms with E-state index < -0.39 is 11.9 Å². The Kier molecular flexibility index (Phi) is 1.57. The van der Waals surface area contributed by atoms with E-state index in [9.17, 15) is 9.59 Å². The minimum atomic E-state index is -1.19. The van der Waals surface area contributed by atoms with Crippen molar-refractivity contribution >= 4 is 23.0 Å². The molecule has 0 saturated carbocycles. The predicted octanol–water partition coefficient (Wildman–Crippen LogP) is 1.16. The van der Waals surface area contributed by atoms with Crippen LogP contribution in [0.4, 0.5) is 0 Å². The lowest BCUT2D eigenvalue weighted by molar-refractivity contribution is 0.0663. The van der Waals surface area contributed by atoms with Crippen LogP contribution in [-0.4, -0.2) is 27.1 Å². The van der Waals surface area contributed by atoms with Crippen molar-refractivity contribution in [3.8, 4) is 0 Å². The molecule has 0 unspecified atom stereocenters. The highest BCUT2D eigenvalue weighted by Crippen LogP contribution is 2.19. The molecule has 2 aromatic rings. The fourth-order valence-electron chi connectivity index (χ4n) is 1.14. The van der Waals surface area contributed by atoms with Gasteiger partial charge in [0.1, 0.15) is 5.69 Å². The quantitative estimate of drug-likeness (QED) is 0.666. The summed E-state index contributed by atoms with van der Waals surface area (Å²) in [5.74, 6) is -2.53. The monoisotopic (exact) mass is 195 g/mol. The van der Waals surface area contributed by atoms with E-state index in [1.807, 2.05) is 0 Å². The van der Waals surface area contributed by atoms with E-state index in [-0.39, 0.29) is 17.0 Å². The molecule has 0 bridgehead atoms. The van der Waals surface area contributed by atoms with Crippen molar-refractivity contribution in [2.45, 2.75) is 0 Å². The van der Waals surface area contributed by atoms with E-state index in [2.05, 4.69) is 4.98 Å². The van der Waals surface area contributed by atoms with Gasteiger partial charge in [0.25, 0.3) is 0 Å². The molecule has 3 N–H and O–H groups in total. The van der Waals surface area contributed by atoms with Crippen LogP contribution in [0.15, 0.2) is 16.5 Å². The number of fused-ring (bicyclic) bond motifs is 1. The number of hydrogen-bond acceptors (Lipinski definition) is 3. The summed E-state index contributed by atoms with van der Waals surface area (Å²) in [6.45, 7) is 0. The molecule has 6 heteroatoms. The topological polar surface area (TPSA) is 104 Å². The van der Waals surface area contributed by atoms with Gasteiger partial charge in [0.2, 0.25) is 5.76 Å². The van der Waals surface area contributed by atoms with Crippen LogP contribution in [0.5, 0.6) is 0 Å². The van der Waals surface area contributed by atoms with Crippen molar-refractivity contribution in [2.75, 3.05) is 0 Å². The number of aromatic nitrogens is 1. The lowest BCUT2D eigenvalue weighted by Gasteiger charge is -1.85. The third-order valence-electron chi connectivity index (χ3n) is 1.75. The maximum absolute atomic E-state index is 10.5. The van der Waals surface area contributed by atoms with Crippen LogP contribution < -0.4 is 0 Å². The van der Waals surface area contributed by atoms with E-state index in [0.717, 1.165) is 0 Å². The molecule has 0 amide bonds. The standard InChI is InChI=1S/C8H5NO5/c10-7(11)4-2-5-3(9-4)1-6(14-5)8(12)13/h1-2,9H,(H,10,11)(H,12,13). The van der Waals surface area contributed by atoms with Crippen LogP contribution in [0, 0.1) is 0 Å². The van der Waals surface area contributed by atoms with E-state index >= 15 is 0 Å². The van der Waals surface area contributed by atoms with Gasteiger partial charge in [0.05, 0.1) is 5.52 Å². The van der Waals surface area contributed by atoms with Gasteiger partial charge in [-0.05, 0) is 0 Å². The Balaban J connectivity index is 2.56. The van der Waals surface area contributed by atoms with Crippen LogP contribution in [0.25, 0.3) is 11.1 Å². The summed E-state index contributed by atoms with van der Waals surface area (Å²) in [6, 6.07) is 2.48. The zero-order chi connectivity index (χ0) is 10.3. The summed E-state index contributed by atoms with van der Waals surface area (Å²) in [5, 5.41) is 17.2. The lowest BCUT2D eigenvalue weighted by Crippen LogP contribution is -1.95. The van der Waals surface area contributed by atoms with Gasteiger partial charge in [0.15, 0.2) is 5.58 Å². The van der Waals surface area contributed by atoms with Gasteiger partial charge in [-0.25, -0.2) is 9.59 Å². The van der Waals surface area contributed by atoms with Crippen molar-refractivity contribution in [2.24, 2.45) is 0 Å². The summed E-state index contributed by atoms with van der Waals surface area (Å²) in [4.78, 5) is 23.5. The Morgan fingerprint density at radius 1 is 1.21 bits per heavy atom. The molecule has 0 aliphatic heterocycles. The number of rotatable bonds is 2. The summed E-state index contributed by atoms with van der Waals surface area (Å²) >= 11 is 0. The highest BCUT2D eigenvalue weighted by Gasteiger charge is 2.14. The number of hydrogen-bond donors (Lipinski definition) is 3. The number of nitrogens with one attached hydrogen (secondary N) is 1. The molecular weight excluding hydrogens is 190 g/mol. The fourth-order valence-corrected chi connectivity index (χ4v) is 1.14. The van der Waals surface area contributed by atoms with Crippen LogP contribution in [-0.2, 0) is 0 Å². The van der Waals surface area contributed by atoms with Gasteiger partial charge < -0.3 is 19.6 Å². The van der Waals surface area contributed by atoms with E-state index in [0.29, 0.717) is 5.52 Å². The molecule has 0 fully saturated rings. The van der Waals surface area contributed by atoms with E-state index in [1.54, 1.807) is 0 Å². The first kappa shape index (κ1) is 8.36. The molecule has 0 spiro atoms. The molecular formula is C8H5NO5. The van der Waals surface area contributed by atoms with Crippen molar-refractivity contribution in [1.82, 2.24) is 4.98 Å². The first-order valence-electron chi connectivity index (χ1n) is 3.67. The average molecular weight is 195 g/mol. The second kappa shape index (κ2) is 2.63. The molecule has 0 aromatic carbocycles. The Hall–Kier alpha value is -2.24. The second-order valence-corrected chi connectivity index (χ2v) is 2.68. The van der Waals surface area contributed by atoms with Crippen LogP contribution in [0.3, 0.4) is 0 Å². The first-order chi connectivity index (χ1) is 6.58. The third kappa shape index (κ3) is 1.13. The highest BCUT2D eigenvalue weighted by molar-refractivity contribution is 5.95. The maximum Gasteiger partial charge on any atom is 0.371 e. The predicted molar refractivity (Wildman–Crippen MR) is 44.5 cm³/mol. The van der Waals surface area contributed by atoms with Crippen LogP contribution in [0.1, 0.15) is 21.0 Å². The Bertz CT molecular complexity index is 446. The smallest absolute Gasteiger partial charge is 0.371 e. The lowest BCUT2D eigenvalue weighted by atomic mass is 10.4. The van der Waals surface area contributed by atoms with Crippen molar-refractivity contribution in [3.05, 3.63) is 23.6 Å². The van der Waals surface area contributed by atoms with Crippen LogP contribution in [0.2, 0.25) is 0 Å². The van der Waals surface area contributed by atoms with Crippen molar-refractivity contribution in [1.29, 1.82) is 0 Å². The number of H-pyrrole nitrogens is 1. The average Bonchev–Trinajstić information content (AvgIpc) is 2.57. The van der Waals surface area contributed by atoms with Gasteiger partial charge >= 0.3 is 11.9 Å². The summed E-state index contributed by atoms with van der Waals surface area (Å²) < 4.78 is 4.87. The summed E-state index contributed by atoms with van der Waals surface area (Å²) in [6.07, 6.45) is 0. The van der Waals surface area contributed by atoms with Gasteiger partial charge in [-0.2, -0.15) is 0 Å². The molecule has 0 radical (unpaired) electrons. The van der Waals surface area contributed by atoms with Gasteiger partial charge in [-0.3, -0.25) is 0 Å². The molecule has 6 nitrogen and oxygen atoms in total. The molecule has 2 aromatic heterocycles. The first-order valence-corrected chi connectivity index (χ1v) is 3.67. The van der Waals surface area contributed by atoms with Gasteiger partial charge in [0, 0.05) is 12.1 Å². The summed E-state index contributed by atoms with van der Waals surface area (Å²) in [5.41, 5.74) is 0.551. The SMILES string of the molecule is O=C(O)c1cc2oc(C(=O)O)cc2[nH]1. The maximum atomic E-state index is 10.5. The molecule has 0 saturated heterocycles. The van der Waals surface area contributed by atoms with E-state index in [1.165, 1.54) is 12.1 Å². The number of furan rings is 1. The second-order valence-electron chi connectivity index (χ2n) is 2.68. The normalized spacial score (nSPS) is 10.6. The van der Waals surface area contributed by atoms with Crippen molar-refractivity contribution in [3.63, 3.8) is 0 Å². The summed E-state index contributed by atoms with van der Waals surface area (Å²) in [7, 11) is 0. The number of carboxylic acid groups (broad SMARTS) is 2. The minimum absolute atomic E-state index is 0.0318. The zero-order valence-electron chi connectivity index (χ0n) is 6.77. The Labute approximate surface area is 76.8 Å². The third-order valence-corrected chi connectivity index (χ3v) is 1.75. The number of aromatic carboxylic acids is 2. The Morgan fingerprint density at radius 2 is 1.93 bits per heavy atom. The molecule has 0 atom stereocenters. The molecule has 2 heterocycles. The van der Waals surface area contributed by atoms with E-state index in [4.69, 9.17) is 14.6 Å². The molecule has 14 heavy (non-hydrogen) atoms. The van der Waals surface area contributed by atoms with Crippen LogP contribution >= 0.6 is 0 Å². The molecule has 0 aliphatic carbocycles. The molecule has 72 valence electrons. The fraction of sp³-hybridized carbons (Fsp3) is 0. The van der Waals surface area contributed by atoms with Crippen molar-refractivity contribution < 1.29 is 24.2 Å². The minimum Gasteiger partial charge on any atom is -0.477 e. The van der Waals surface area contributed by atoms with Gasteiger partial charge in [-0.15, -0.1) is 0 Å². The number of carboxylic acids is 2. The Morgan fingerprint density at radius 3 is 2.43 bits per heavy atom. The zero-order valence-corrected chi connectivity index (χ0v) is 6.77.